The Morgan fingerprint density at radius 3 is 1.71 bits per heavy atom. The lowest BCUT2D eigenvalue weighted by molar-refractivity contribution is 1.17. The molecule has 10 aromatic carbocycles. The minimum atomic E-state index is -0.839. The van der Waals surface area contributed by atoms with Crippen LogP contribution in [0.25, 0.3) is 116 Å². The summed E-state index contributed by atoms with van der Waals surface area (Å²) < 4.78 is 152. The zero-order chi connectivity index (χ0) is 55.4. The van der Waals surface area contributed by atoms with Gasteiger partial charge in [-0.3, -0.25) is 0 Å². The van der Waals surface area contributed by atoms with Gasteiger partial charge in [-0.2, -0.15) is 0 Å². The van der Waals surface area contributed by atoms with Gasteiger partial charge in [0.15, 0.2) is 0 Å². The quantitative estimate of drug-likeness (QED) is 0.159. The van der Waals surface area contributed by atoms with Crippen molar-refractivity contribution in [2.24, 2.45) is 0 Å². The first-order valence-electron chi connectivity index (χ1n) is 28.4. The summed E-state index contributed by atoms with van der Waals surface area (Å²) in [5, 5.41) is 3.41. The Kier molecular flexibility index (Phi) is 5.14. The lowest BCUT2D eigenvalue weighted by Crippen LogP contribution is -1.99. The fourth-order valence-corrected chi connectivity index (χ4v) is 9.46. The maximum atomic E-state index is 9.88. The molecular weight excluding hydrogens is 763 g/mol. The average molecular weight is 818 g/mol. The first kappa shape index (κ1) is 23.0. The number of hydrogen-bond acceptors (Lipinski definition) is 0. The van der Waals surface area contributed by atoms with Crippen LogP contribution in [0.4, 0.5) is 0 Å². The van der Waals surface area contributed by atoms with Crippen molar-refractivity contribution in [2.75, 3.05) is 0 Å². The second-order valence-corrected chi connectivity index (χ2v) is 15.2. The van der Waals surface area contributed by atoms with E-state index in [1.165, 1.54) is 0 Å². The topological polar surface area (TPSA) is 14.8 Å². The summed E-state index contributed by atoms with van der Waals surface area (Å²) in [6, 6.07) is 33.8. The molecule has 0 radical (unpaired) electrons. The van der Waals surface area contributed by atoms with E-state index in [4.69, 9.17) is 12.3 Å². The van der Waals surface area contributed by atoms with Gasteiger partial charge < -0.3 is 13.7 Å². The van der Waals surface area contributed by atoms with Crippen molar-refractivity contribution in [1.29, 1.82) is 0 Å². The number of hydrogen-bond donors (Lipinski definition) is 0. The molecule has 0 aliphatic rings. The molecule has 0 unspecified atom stereocenters. The molecule has 13 rings (SSSR count). The molecule has 3 aromatic heterocycles. The maximum Gasteiger partial charge on any atom is 0.0645 e. The Morgan fingerprint density at radius 2 is 0.873 bits per heavy atom. The SMILES string of the molecule is [2H]c1c([2H])c([2H])c(-c2c([2H])c([2H])c([2H])c([2H])c2-n2c3c([2H])c([2H])c([2H])c([2H])c3c3c(-c4ccccc4-n4c5ccccc5c5c4ccc4c6ccccc6n(-c6ccccc6-c6ccccc6)c45)c([2H])c([2H])c([2H])c32)c([2H])c1[2H]. The molecule has 0 spiro atoms. The Balaban J connectivity index is 1.20. The van der Waals surface area contributed by atoms with E-state index >= 15 is 0 Å². The number of rotatable bonds is 6. The molecule has 0 aliphatic heterocycles. The summed E-state index contributed by atoms with van der Waals surface area (Å²) in [5.74, 6) is 0. The zero-order valence-electron chi connectivity index (χ0n) is 49.1. The molecule has 0 amide bonds. The third-order valence-corrected chi connectivity index (χ3v) is 12.0. The molecule has 0 bridgehead atoms. The molecule has 13 aromatic rings. The standard InChI is InChI=1S/C60H39N3/c1-3-20-40(21-4-1)42-24-7-13-31-50(42)61-54-35-17-11-28-48(54)58-46(30-19-37-56(58)61)44-26-9-15-33-52(44)62-55-36-18-12-29-49(55)59-57(62)39-38-47-45-27-10-16-34-53(45)63(60(47)59)51-32-14-8-25-43(51)41-22-5-2-6-23-41/h1-39H/i1D,3D,4D,7D,11D,13D,17D,19D,20D,21D,24D,28D,30D,31D,35D,37D. The van der Waals surface area contributed by atoms with Gasteiger partial charge in [0.1, 0.15) is 0 Å². The number of fused-ring (bicyclic) bond motifs is 10. The van der Waals surface area contributed by atoms with Crippen LogP contribution >= 0.6 is 0 Å². The molecule has 0 saturated heterocycles. The third-order valence-electron chi connectivity index (χ3n) is 12.0. The van der Waals surface area contributed by atoms with E-state index in [-0.39, 0.29) is 21.9 Å². The lowest BCUT2D eigenvalue weighted by atomic mass is 9.97. The van der Waals surface area contributed by atoms with Crippen molar-refractivity contribution >= 4 is 65.4 Å². The van der Waals surface area contributed by atoms with Gasteiger partial charge in [0.2, 0.25) is 0 Å². The largest absolute Gasteiger partial charge is 0.309 e. The van der Waals surface area contributed by atoms with Crippen LogP contribution in [0.2, 0.25) is 0 Å². The molecule has 3 nitrogen and oxygen atoms in total. The minimum absolute atomic E-state index is 0.0384. The molecule has 294 valence electrons. The fourth-order valence-electron chi connectivity index (χ4n) is 9.46. The van der Waals surface area contributed by atoms with Crippen molar-refractivity contribution in [3.8, 4) is 50.4 Å². The second kappa shape index (κ2) is 14.1. The van der Waals surface area contributed by atoms with E-state index in [1.54, 1.807) is 12.1 Å². The normalized spacial score (nSPS) is 15.4. The molecule has 0 aliphatic carbocycles. The van der Waals surface area contributed by atoms with Gasteiger partial charge in [0.05, 0.1) is 72.1 Å². The minimum Gasteiger partial charge on any atom is -0.309 e. The highest BCUT2D eigenvalue weighted by atomic mass is 15.0. The summed E-state index contributed by atoms with van der Waals surface area (Å²) in [4.78, 5) is 0. The molecular formula is C60H39N3. The van der Waals surface area contributed by atoms with Crippen LogP contribution in [0.5, 0.6) is 0 Å². The molecule has 0 N–H and O–H groups in total. The van der Waals surface area contributed by atoms with Crippen molar-refractivity contribution in [2.45, 2.75) is 0 Å². The first-order valence-corrected chi connectivity index (χ1v) is 20.4. The van der Waals surface area contributed by atoms with Gasteiger partial charge in [-0.1, -0.05) is 188 Å². The van der Waals surface area contributed by atoms with Crippen LogP contribution in [0.3, 0.4) is 0 Å². The van der Waals surface area contributed by atoms with Crippen molar-refractivity contribution < 1.29 is 21.9 Å². The number of para-hydroxylation sites is 6. The number of aromatic nitrogens is 3. The van der Waals surface area contributed by atoms with Crippen molar-refractivity contribution in [3.05, 3.63) is 236 Å². The van der Waals surface area contributed by atoms with E-state index in [0.717, 1.165) is 65.0 Å². The van der Waals surface area contributed by atoms with E-state index in [2.05, 4.69) is 47.0 Å². The Bertz CT molecular complexity index is 4840. The van der Waals surface area contributed by atoms with Crippen LogP contribution < -0.4 is 0 Å². The zero-order valence-corrected chi connectivity index (χ0v) is 33.1. The molecule has 63 heavy (non-hydrogen) atoms. The maximum absolute atomic E-state index is 9.88. The van der Waals surface area contributed by atoms with Gasteiger partial charge in [0, 0.05) is 49.0 Å². The van der Waals surface area contributed by atoms with Crippen LogP contribution in [0, 0.1) is 0 Å². The van der Waals surface area contributed by atoms with E-state index < -0.39 is 119 Å². The van der Waals surface area contributed by atoms with E-state index in [1.807, 2.05) is 89.5 Å². The summed E-state index contributed by atoms with van der Waals surface area (Å²) in [6.45, 7) is 0. The average Bonchev–Trinajstić information content (AvgIpc) is 3.85. The van der Waals surface area contributed by atoms with Gasteiger partial charge in [-0.05, 0) is 65.1 Å². The first-order chi connectivity index (χ1) is 38.0. The van der Waals surface area contributed by atoms with Gasteiger partial charge in [-0.15, -0.1) is 0 Å². The number of benzene rings is 10. The van der Waals surface area contributed by atoms with Gasteiger partial charge in [-0.25, -0.2) is 0 Å². The highest BCUT2D eigenvalue weighted by Gasteiger charge is 2.24. The summed E-state index contributed by atoms with van der Waals surface area (Å²) in [5.41, 5.74) is 4.54. The monoisotopic (exact) mass is 817 g/mol. The highest BCUT2D eigenvalue weighted by molar-refractivity contribution is 6.26. The molecule has 0 saturated carbocycles. The summed E-state index contributed by atoms with van der Waals surface area (Å²) >= 11 is 0. The molecule has 0 atom stereocenters. The van der Waals surface area contributed by atoms with Crippen LogP contribution in [0.15, 0.2) is 236 Å². The Labute approximate surface area is 387 Å². The fraction of sp³-hybridized carbons (Fsp3) is 0. The predicted molar refractivity (Wildman–Crippen MR) is 266 cm³/mol. The van der Waals surface area contributed by atoms with Crippen LogP contribution in [-0.4, -0.2) is 13.7 Å². The summed E-state index contributed by atoms with van der Waals surface area (Å²) in [6.07, 6.45) is 0. The number of nitrogens with zero attached hydrogens (tertiary/aromatic N) is 3. The van der Waals surface area contributed by atoms with Crippen molar-refractivity contribution in [1.82, 2.24) is 13.7 Å². The predicted octanol–water partition coefficient (Wildman–Crippen LogP) is 16.0. The van der Waals surface area contributed by atoms with Crippen LogP contribution in [-0.2, 0) is 0 Å². The Morgan fingerprint density at radius 1 is 0.270 bits per heavy atom. The second-order valence-electron chi connectivity index (χ2n) is 15.2. The smallest absolute Gasteiger partial charge is 0.0645 e. The summed E-state index contributed by atoms with van der Waals surface area (Å²) in [7, 11) is 0. The molecule has 0 fully saturated rings. The van der Waals surface area contributed by atoms with Crippen molar-refractivity contribution in [3.63, 3.8) is 0 Å². The van der Waals surface area contributed by atoms with Gasteiger partial charge >= 0.3 is 0 Å². The third kappa shape index (κ3) is 5.27. The lowest BCUT2D eigenvalue weighted by Gasteiger charge is -2.16. The highest BCUT2D eigenvalue weighted by Crippen LogP contribution is 2.46. The van der Waals surface area contributed by atoms with E-state index in [9.17, 15) is 9.60 Å². The molecule has 3 heteroatoms. The van der Waals surface area contributed by atoms with E-state index in [0.29, 0.717) is 11.3 Å². The Hall–Kier alpha value is -8.40. The molecule has 3 heterocycles. The van der Waals surface area contributed by atoms with Gasteiger partial charge in [0.25, 0.3) is 0 Å². The van der Waals surface area contributed by atoms with Crippen LogP contribution in [0.1, 0.15) is 21.9 Å².